The van der Waals surface area contributed by atoms with E-state index in [-0.39, 0.29) is 11.8 Å². The highest BCUT2D eigenvalue weighted by Gasteiger charge is 2.15. The molecule has 1 aromatic carbocycles. The molecular formula is C15H20N2O. The van der Waals surface area contributed by atoms with Crippen molar-refractivity contribution >= 4 is 16.7 Å². The highest BCUT2D eigenvalue weighted by atomic mass is 16.1. The van der Waals surface area contributed by atoms with Crippen LogP contribution >= 0.6 is 0 Å². The first kappa shape index (κ1) is 12.8. The van der Waals surface area contributed by atoms with Crippen LogP contribution in [0.25, 0.3) is 10.9 Å². The van der Waals surface area contributed by atoms with Gasteiger partial charge in [-0.05, 0) is 24.5 Å². The minimum atomic E-state index is -0.379. The number of aromatic amines is 1. The number of fused-ring (bicyclic) bond motifs is 1. The number of carbonyl (C=O) groups excluding carboxylic acids is 1. The van der Waals surface area contributed by atoms with Crippen LogP contribution in [0, 0.1) is 0 Å². The SMILES string of the molecule is CCCCC(=O)[C@@H](N)Cc1c[nH]c2ccccc12. The molecule has 0 aliphatic heterocycles. The molecular weight excluding hydrogens is 224 g/mol. The summed E-state index contributed by atoms with van der Waals surface area (Å²) in [6.07, 6.45) is 5.14. The van der Waals surface area contributed by atoms with Gasteiger partial charge in [-0.15, -0.1) is 0 Å². The molecule has 1 atom stereocenters. The van der Waals surface area contributed by atoms with Gasteiger partial charge in [0.05, 0.1) is 6.04 Å². The molecule has 0 bridgehead atoms. The van der Waals surface area contributed by atoms with E-state index in [2.05, 4.69) is 18.0 Å². The Hall–Kier alpha value is -1.61. The van der Waals surface area contributed by atoms with Crippen molar-refractivity contribution in [3.63, 3.8) is 0 Å². The fourth-order valence-electron chi connectivity index (χ4n) is 2.19. The molecule has 2 aromatic rings. The van der Waals surface area contributed by atoms with Gasteiger partial charge < -0.3 is 10.7 Å². The third-order valence-electron chi connectivity index (χ3n) is 3.31. The Morgan fingerprint density at radius 3 is 2.94 bits per heavy atom. The molecule has 0 amide bonds. The Morgan fingerprint density at radius 2 is 2.17 bits per heavy atom. The second-order valence-corrected chi connectivity index (χ2v) is 4.74. The molecule has 18 heavy (non-hydrogen) atoms. The average Bonchev–Trinajstić information content (AvgIpc) is 2.79. The second kappa shape index (κ2) is 5.83. The van der Waals surface area contributed by atoms with Crippen LogP contribution in [0.2, 0.25) is 0 Å². The summed E-state index contributed by atoms with van der Waals surface area (Å²) in [7, 11) is 0. The first-order valence-corrected chi connectivity index (χ1v) is 6.55. The van der Waals surface area contributed by atoms with Crippen LogP contribution in [0.4, 0.5) is 0 Å². The first-order chi connectivity index (χ1) is 8.72. The van der Waals surface area contributed by atoms with Crippen LogP contribution in [0.5, 0.6) is 0 Å². The molecule has 96 valence electrons. The molecule has 0 radical (unpaired) electrons. The predicted molar refractivity (Wildman–Crippen MR) is 74.5 cm³/mol. The molecule has 0 fully saturated rings. The van der Waals surface area contributed by atoms with Crippen molar-refractivity contribution in [3.8, 4) is 0 Å². The molecule has 0 aliphatic rings. The highest BCUT2D eigenvalue weighted by molar-refractivity contribution is 5.87. The van der Waals surface area contributed by atoms with Gasteiger partial charge in [-0.2, -0.15) is 0 Å². The second-order valence-electron chi connectivity index (χ2n) is 4.74. The number of ketones is 1. The number of hydrogen-bond acceptors (Lipinski definition) is 2. The van der Waals surface area contributed by atoms with Crippen molar-refractivity contribution in [2.24, 2.45) is 5.73 Å². The molecule has 2 rings (SSSR count). The van der Waals surface area contributed by atoms with Crippen LogP contribution in [-0.2, 0) is 11.2 Å². The zero-order valence-corrected chi connectivity index (χ0v) is 10.8. The van der Waals surface area contributed by atoms with Crippen molar-refractivity contribution < 1.29 is 4.79 Å². The standard InChI is InChI=1S/C15H20N2O/c1-2-3-8-15(18)13(16)9-11-10-17-14-7-5-4-6-12(11)14/h4-7,10,13,17H,2-3,8-9,16H2,1H3/t13-/m0/s1. The fraction of sp³-hybridized carbons (Fsp3) is 0.400. The van der Waals surface area contributed by atoms with Crippen LogP contribution in [0.15, 0.2) is 30.5 Å². The molecule has 0 saturated carbocycles. The number of Topliss-reactive ketones (excluding diaryl/α,β-unsaturated/α-hetero) is 1. The zero-order valence-electron chi connectivity index (χ0n) is 10.8. The molecule has 1 heterocycles. The van der Waals surface area contributed by atoms with Crippen molar-refractivity contribution in [2.45, 2.75) is 38.6 Å². The fourth-order valence-corrected chi connectivity index (χ4v) is 2.19. The maximum atomic E-state index is 11.8. The summed E-state index contributed by atoms with van der Waals surface area (Å²) < 4.78 is 0. The van der Waals surface area contributed by atoms with E-state index >= 15 is 0 Å². The molecule has 1 aromatic heterocycles. The number of para-hydroxylation sites is 1. The lowest BCUT2D eigenvalue weighted by Gasteiger charge is -2.09. The molecule has 3 nitrogen and oxygen atoms in total. The summed E-state index contributed by atoms with van der Waals surface area (Å²) >= 11 is 0. The molecule has 0 aliphatic carbocycles. The number of benzene rings is 1. The lowest BCUT2D eigenvalue weighted by atomic mass is 10.00. The summed E-state index contributed by atoms with van der Waals surface area (Å²) in [6.45, 7) is 2.08. The third-order valence-corrected chi connectivity index (χ3v) is 3.31. The van der Waals surface area contributed by atoms with Crippen LogP contribution in [0.3, 0.4) is 0 Å². The monoisotopic (exact) mass is 244 g/mol. The largest absolute Gasteiger partial charge is 0.361 e. The topological polar surface area (TPSA) is 58.9 Å². The first-order valence-electron chi connectivity index (χ1n) is 6.55. The number of unbranched alkanes of at least 4 members (excludes halogenated alkanes) is 1. The number of rotatable bonds is 6. The summed E-state index contributed by atoms with van der Waals surface area (Å²) in [5.74, 6) is 0.169. The van der Waals surface area contributed by atoms with E-state index in [1.165, 1.54) is 0 Å². The summed E-state index contributed by atoms with van der Waals surface area (Å²) in [5, 5.41) is 1.16. The lowest BCUT2D eigenvalue weighted by molar-refractivity contribution is -0.120. The number of nitrogens with one attached hydrogen (secondary N) is 1. The van der Waals surface area contributed by atoms with E-state index in [4.69, 9.17) is 5.73 Å². The predicted octanol–water partition coefficient (Wildman–Crippen LogP) is 2.80. The molecule has 3 N–H and O–H groups in total. The van der Waals surface area contributed by atoms with Crippen molar-refractivity contribution in [3.05, 3.63) is 36.0 Å². The molecule has 0 spiro atoms. The molecule has 0 saturated heterocycles. The van der Waals surface area contributed by atoms with E-state index in [9.17, 15) is 4.79 Å². The quantitative estimate of drug-likeness (QED) is 0.821. The maximum absolute atomic E-state index is 11.8. The maximum Gasteiger partial charge on any atom is 0.149 e. The van der Waals surface area contributed by atoms with Gasteiger partial charge in [0.2, 0.25) is 0 Å². The smallest absolute Gasteiger partial charge is 0.149 e. The van der Waals surface area contributed by atoms with Gasteiger partial charge in [0, 0.05) is 23.5 Å². The van der Waals surface area contributed by atoms with E-state index in [0.717, 1.165) is 29.3 Å². The third kappa shape index (κ3) is 2.79. The van der Waals surface area contributed by atoms with Crippen LogP contribution in [0.1, 0.15) is 31.7 Å². The lowest BCUT2D eigenvalue weighted by Crippen LogP contribution is -2.32. The number of nitrogens with two attached hydrogens (primary N) is 1. The Morgan fingerprint density at radius 1 is 1.39 bits per heavy atom. The van der Waals surface area contributed by atoms with Crippen molar-refractivity contribution in [1.29, 1.82) is 0 Å². The van der Waals surface area contributed by atoms with Gasteiger partial charge in [0.1, 0.15) is 5.78 Å². The van der Waals surface area contributed by atoms with E-state index in [1.807, 2.05) is 24.4 Å². The Balaban J connectivity index is 2.07. The van der Waals surface area contributed by atoms with Crippen molar-refractivity contribution in [2.75, 3.05) is 0 Å². The van der Waals surface area contributed by atoms with Gasteiger partial charge in [-0.1, -0.05) is 31.5 Å². The van der Waals surface area contributed by atoms with Gasteiger partial charge in [-0.25, -0.2) is 0 Å². The zero-order chi connectivity index (χ0) is 13.0. The average molecular weight is 244 g/mol. The van der Waals surface area contributed by atoms with Gasteiger partial charge in [-0.3, -0.25) is 4.79 Å². The van der Waals surface area contributed by atoms with Gasteiger partial charge in [0.25, 0.3) is 0 Å². The summed E-state index contributed by atoms with van der Waals surface area (Å²) in [5.41, 5.74) is 8.20. The van der Waals surface area contributed by atoms with E-state index < -0.39 is 0 Å². The number of hydrogen-bond donors (Lipinski definition) is 2. The van der Waals surface area contributed by atoms with Gasteiger partial charge in [0.15, 0.2) is 0 Å². The van der Waals surface area contributed by atoms with Crippen LogP contribution in [-0.4, -0.2) is 16.8 Å². The summed E-state index contributed by atoms with van der Waals surface area (Å²) in [4.78, 5) is 15.0. The number of aromatic nitrogens is 1. The number of H-pyrrole nitrogens is 1. The van der Waals surface area contributed by atoms with Gasteiger partial charge >= 0.3 is 0 Å². The Bertz CT molecular complexity index is 530. The Kier molecular flexibility index (Phi) is 4.15. The normalized spacial score (nSPS) is 12.8. The minimum absolute atomic E-state index is 0.169. The van der Waals surface area contributed by atoms with Crippen LogP contribution < -0.4 is 5.73 Å². The molecule has 3 heteroatoms. The van der Waals surface area contributed by atoms with E-state index in [1.54, 1.807) is 0 Å². The van der Waals surface area contributed by atoms with Crippen molar-refractivity contribution in [1.82, 2.24) is 4.98 Å². The summed E-state index contributed by atoms with van der Waals surface area (Å²) in [6, 6.07) is 7.71. The van der Waals surface area contributed by atoms with E-state index in [0.29, 0.717) is 12.8 Å². The minimum Gasteiger partial charge on any atom is -0.361 e. The Labute approximate surface area is 107 Å². The number of carbonyl (C=O) groups is 1. The highest BCUT2D eigenvalue weighted by Crippen LogP contribution is 2.19. The molecule has 0 unspecified atom stereocenters.